The Morgan fingerprint density at radius 3 is 2.18 bits per heavy atom. The Hall–Kier alpha value is -4.26. The van der Waals surface area contributed by atoms with Crippen molar-refractivity contribution in [2.75, 3.05) is 43.9 Å². The van der Waals surface area contributed by atoms with Crippen LogP contribution in [0.2, 0.25) is 0 Å². The molecule has 38 heavy (non-hydrogen) atoms. The van der Waals surface area contributed by atoms with Crippen molar-refractivity contribution in [2.24, 2.45) is 7.05 Å². The second kappa shape index (κ2) is 11.4. The molecule has 3 aromatic rings. The summed E-state index contributed by atoms with van der Waals surface area (Å²) >= 11 is 0. The Bertz CT molecular complexity index is 1250. The lowest BCUT2D eigenvalue weighted by atomic mass is 10.2. The minimum atomic E-state index is -4.80. The maximum atomic E-state index is 13.1. The maximum absolute atomic E-state index is 13.1. The first-order chi connectivity index (χ1) is 18.1. The van der Waals surface area contributed by atoms with Gasteiger partial charge in [-0.2, -0.15) is 0 Å². The van der Waals surface area contributed by atoms with Crippen LogP contribution in [0.25, 0.3) is 0 Å². The van der Waals surface area contributed by atoms with Crippen molar-refractivity contribution in [3.8, 4) is 11.5 Å². The fourth-order valence-corrected chi connectivity index (χ4v) is 3.98. The van der Waals surface area contributed by atoms with Crippen molar-refractivity contribution in [1.29, 1.82) is 0 Å². The van der Waals surface area contributed by atoms with Gasteiger partial charge in [-0.25, -0.2) is 9.78 Å². The van der Waals surface area contributed by atoms with Gasteiger partial charge >= 0.3 is 12.4 Å². The lowest BCUT2D eigenvalue weighted by molar-refractivity contribution is -0.274. The van der Waals surface area contributed by atoms with Crippen LogP contribution in [0.5, 0.6) is 11.5 Å². The molecule has 4 rings (SSSR count). The number of alkyl halides is 3. The van der Waals surface area contributed by atoms with E-state index in [2.05, 4.69) is 25.3 Å². The molecule has 0 bridgehead atoms. The summed E-state index contributed by atoms with van der Waals surface area (Å²) in [6.45, 7) is 3.28. The molecule has 1 aromatic heterocycles. The average molecular weight is 533 g/mol. The number of rotatable bonds is 7. The molecule has 10 nitrogen and oxygen atoms in total. The molecule has 2 N–H and O–H groups in total. The Kier molecular flexibility index (Phi) is 8.05. The molecule has 0 aliphatic carbocycles. The number of benzene rings is 2. The Morgan fingerprint density at radius 1 is 0.947 bits per heavy atom. The van der Waals surface area contributed by atoms with Crippen LogP contribution >= 0.6 is 0 Å². The molecule has 1 aliphatic heterocycles. The van der Waals surface area contributed by atoms with E-state index in [1.807, 2.05) is 24.3 Å². The standard InChI is InChI=1S/C25H27F3N6O4/c1-32-16-21(31-24(36)29-18-5-9-20(10-6-18)38-25(26,27)28)30-22(32)23(35)34-13-11-33(12-14-34)15-17-3-7-19(37-2)8-4-17/h3-10,16H,11-15H2,1-2H3,(H2,29,31,36). The molecule has 1 aliphatic rings. The van der Waals surface area contributed by atoms with Gasteiger partial charge in [-0.3, -0.25) is 15.0 Å². The third-order valence-electron chi connectivity index (χ3n) is 5.88. The van der Waals surface area contributed by atoms with Gasteiger partial charge in [0, 0.05) is 51.7 Å². The van der Waals surface area contributed by atoms with Crippen molar-refractivity contribution < 1.29 is 32.2 Å². The number of nitrogens with one attached hydrogen (secondary N) is 2. The Balaban J connectivity index is 1.28. The number of imidazole rings is 1. The summed E-state index contributed by atoms with van der Waals surface area (Å²) in [5.74, 6) is 0.489. The molecule has 1 saturated heterocycles. The highest BCUT2D eigenvalue weighted by Gasteiger charge is 2.31. The summed E-state index contributed by atoms with van der Waals surface area (Å²) in [5, 5.41) is 5.01. The van der Waals surface area contributed by atoms with E-state index in [1.165, 1.54) is 22.9 Å². The number of carbonyl (C=O) groups excluding carboxylic acids is 2. The highest BCUT2D eigenvalue weighted by atomic mass is 19.4. The van der Waals surface area contributed by atoms with E-state index in [1.54, 1.807) is 19.1 Å². The number of piperazine rings is 1. The molecular formula is C25H27F3N6O4. The van der Waals surface area contributed by atoms with E-state index >= 15 is 0 Å². The van der Waals surface area contributed by atoms with E-state index < -0.39 is 18.1 Å². The van der Waals surface area contributed by atoms with Crippen molar-refractivity contribution in [1.82, 2.24) is 19.4 Å². The van der Waals surface area contributed by atoms with Crippen molar-refractivity contribution in [3.05, 3.63) is 66.1 Å². The highest BCUT2D eigenvalue weighted by Crippen LogP contribution is 2.24. The van der Waals surface area contributed by atoms with Gasteiger partial charge < -0.3 is 24.3 Å². The van der Waals surface area contributed by atoms with Crippen molar-refractivity contribution in [3.63, 3.8) is 0 Å². The van der Waals surface area contributed by atoms with Crippen LogP contribution < -0.4 is 20.1 Å². The van der Waals surface area contributed by atoms with E-state index in [0.29, 0.717) is 26.2 Å². The monoisotopic (exact) mass is 532 g/mol. The Labute approximate surface area is 216 Å². The molecule has 202 valence electrons. The first-order valence-electron chi connectivity index (χ1n) is 11.7. The zero-order valence-corrected chi connectivity index (χ0v) is 20.8. The largest absolute Gasteiger partial charge is 0.573 e. The minimum Gasteiger partial charge on any atom is -0.497 e. The number of urea groups is 1. The summed E-state index contributed by atoms with van der Waals surface area (Å²) in [6, 6.07) is 11.9. The number of anilines is 2. The molecule has 1 fully saturated rings. The molecule has 13 heteroatoms. The number of aromatic nitrogens is 2. The first-order valence-corrected chi connectivity index (χ1v) is 11.7. The van der Waals surface area contributed by atoms with E-state index in [-0.39, 0.29) is 23.2 Å². The van der Waals surface area contributed by atoms with Gasteiger partial charge in [0.25, 0.3) is 5.91 Å². The van der Waals surface area contributed by atoms with Crippen LogP contribution in [0.4, 0.5) is 29.5 Å². The number of halogens is 3. The van der Waals surface area contributed by atoms with Gasteiger partial charge in [-0.05, 0) is 42.0 Å². The van der Waals surface area contributed by atoms with Crippen molar-refractivity contribution in [2.45, 2.75) is 12.9 Å². The molecule has 0 radical (unpaired) electrons. The third kappa shape index (κ3) is 7.16. The minimum absolute atomic E-state index is 0.156. The van der Waals surface area contributed by atoms with Gasteiger partial charge in [0.1, 0.15) is 11.5 Å². The van der Waals surface area contributed by atoms with E-state index in [9.17, 15) is 22.8 Å². The molecule has 2 heterocycles. The molecular weight excluding hydrogens is 505 g/mol. The smallest absolute Gasteiger partial charge is 0.497 e. The van der Waals surface area contributed by atoms with E-state index in [4.69, 9.17) is 4.74 Å². The zero-order valence-electron chi connectivity index (χ0n) is 20.8. The molecule has 2 aromatic carbocycles. The Morgan fingerprint density at radius 2 is 1.58 bits per heavy atom. The molecule has 0 unspecified atom stereocenters. The average Bonchev–Trinajstić information content (AvgIpc) is 3.24. The normalized spacial score (nSPS) is 14.2. The van der Waals surface area contributed by atoms with Crippen LogP contribution in [0, 0.1) is 0 Å². The number of ether oxygens (including phenoxy) is 2. The fourth-order valence-electron chi connectivity index (χ4n) is 3.98. The number of amides is 3. The van der Waals surface area contributed by atoms with Crippen LogP contribution in [-0.4, -0.2) is 70.9 Å². The lowest BCUT2D eigenvalue weighted by Crippen LogP contribution is -2.48. The van der Waals surface area contributed by atoms with Gasteiger partial charge in [0.05, 0.1) is 7.11 Å². The highest BCUT2D eigenvalue weighted by molar-refractivity contribution is 5.99. The number of nitrogens with zero attached hydrogens (tertiary/aromatic N) is 4. The van der Waals surface area contributed by atoms with Crippen molar-refractivity contribution >= 4 is 23.4 Å². The topological polar surface area (TPSA) is 101 Å². The van der Waals surface area contributed by atoms with Gasteiger partial charge in [-0.15, -0.1) is 13.2 Å². The molecule has 3 amide bonds. The second-order valence-electron chi connectivity index (χ2n) is 8.63. The van der Waals surface area contributed by atoms with Crippen LogP contribution in [-0.2, 0) is 13.6 Å². The van der Waals surface area contributed by atoms with E-state index in [0.717, 1.165) is 30.0 Å². The van der Waals surface area contributed by atoms with Crippen LogP contribution in [0.3, 0.4) is 0 Å². The summed E-state index contributed by atoms with van der Waals surface area (Å²) < 4.78 is 47.4. The third-order valence-corrected chi connectivity index (χ3v) is 5.88. The van der Waals surface area contributed by atoms with Crippen LogP contribution in [0.1, 0.15) is 16.2 Å². The van der Waals surface area contributed by atoms with Gasteiger partial charge in [0.2, 0.25) is 5.82 Å². The zero-order chi connectivity index (χ0) is 27.3. The van der Waals surface area contributed by atoms with Gasteiger partial charge in [0.15, 0.2) is 5.82 Å². The predicted molar refractivity (Wildman–Crippen MR) is 133 cm³/mol. The molecule has 0 spiro atoms. The van der Waals surface area contributed by atoms with Crippen LogP contribution in [0.15, 0.2) is 54.7 Å². The number of hydrogen-bond donors (Lipinski definition) is 2. The fraction of sp³-hybridized carbons (Fsp3) is 0.320. The summed E-state index contributed by atoms with van der Waals surface area (Å²) in [7, 11) is 3.28. The van der Waals surface area contributed by atoms with Gasteiger partial charge in [-0.1, -0.05) is 12.1 Å². The summed E-state index contributed by atoms with van der Waals surface area (Å²) in [4.78, 5) is 33.6. The molecule has 0 saturated carbocycles. The summed E-state index contributed by atoms with van der Waals surface area (Å²) in [5.41, 5.74) is 1.41. The quantitative estimate of drug-likeness (QED) is 0.478. The number of hydrogen-bond acceptors (Lipinski definition) is 6. The number of carbonyl (C=O) groups is 2. The maximum Gasteiger partial charge on any atom is 0.573 e. The second-order valence-corrected chi connectivity index (χ2v) is 8.63. The molecule has 0 atom stereocenters. The first kappa shape index (κ1) is 26.8. The summed E-state index contributed by atoms with van der Waals surface area (Å²) in [6.07, 6.45) is -3.29. The number of aryl methyl sites for hydroxylation is 1. The predicted octanol–water partition coefficient (Wildman–Crippen LogP) is 3.93. The number of methoxy groups -OCH3 is 1. The SMILES string of the molecule is COc1ccc(CN2CCN(C(=O)c3nc(NC(=O)Nc4ccc(OC(F)(F)F)cc4)cn3C)CC2)cc1. The lowest BCUT2D eigenvalue weighted by Gasteiger charge is -2.34.